The van der Waals surface area contributed by atoms with Gasteiger partial charge < -0.3 is 40.5 Å². The van der Waals surface area contributed by atoms with E-state index in [0.29, 0.717) is 64.2 Å². The number of rotatable bonds is 21. The summed E-state index contributed by atoms with van der Waals surface area (Å²) in [5, 5.41) is 36.4. The Morgan fingerprint density at radius 2 is 1.42 bits per heavy atom. The Morgan fingerprint density at radius 3 is 2.03 bits per heavy atom. The highest BCUT2D eigenvalue weighted by atomic mass is 35.5. The number of aliphatic hydroxyl groups excluding tert-OH is 1. The minimum Gasteiger partial charge on any atom is -0.508 e. The molecule has 4 amide bonds. The van der Waals surface area contributed by atoms with Crippen molar-refractivity contribution in [2.24, 2.45) is 5.41 Å². The maximum atomic E-state index is 14.1. The first-order chi connectivity index (χ1) is 35.1. The Labute approximate surface area is 438 Å². The van der Waals surface area contributed by atoms with Crippen LogP contribution < -0.4 is 15.4 Å². The van der Waals surface area contributed by atoms with Crippen LogP contribution in [0, 0.1) is 12.3 Å². The van der Waals surface area contributed by atoms with Gasteiger partial charge in [-0.25, -0.2) is 4.98 Å². The molecule has 1 aromatic heterocycles. The van der Waals surface area contributed by atoms with E-state index < -0.39 is 29.5 Å². The van der Waals surface area contributed by atoms with Gasteiger partial charge in [0.2, 0.25) is 23.6 Å². The van der Waals surface area contributed by atoms with Crippen molar-refractivity contribution in [3.8, 4) is 27.7 Å². The van der Waals surface area contributed by atoms with Crippen molar-refractivity contribution in [3.63, 3.8) is 0 Å². The number of hydrogen-bond acceptors (Lipinski definition) is 11. The Morgan fingerprint density at radius 1 is 0.808 bits per heavy atom. The molecule has 7 rings (SSSR count). The SMILES string of the molecule is Cc1ncsc1-c1ccc(CNC(=O)[C@@H]2C[C@@H](O)CN2C(=O)C(NC(=O)CCCCCC(=O)N2CCN(CCOc3ccc(C(=C(CCCl)c4ccc(O)cc4)c4ccc(O)cc4)cc3)CC2)C(C)(C)C)cc1. The maximum absolute atomic E-state index is 14.1. The Bertz CT molecular complexity index is 2660. The van der Waals surface area contributed by atoms with Gasteiger partial charge in [-0.1, -0.05) is 87.9 Å². The molecule has 5 aromatic rings. The van der Waals surface area contributed by atoms with Crippen molar-refractivity contribution < 1.29 is 39.2 Å². The fourth-order valence-electron chi connectivity index (χ4n) is 9.46. The van der Waals surface area contributed by atoms with E-state index in [-0.39, 0.29) is 55.2 Å². The number of phenols is 2. The molecule has 0 saturated carbocycles. The summed E-state index contributed by atoms with van der Waals surface area (Å²) in [5.74, 6) is 0.576. The molecule has 0 bridgehead atoms. The molecule has 3 heterocycles. The Hall–Kier alpha value is -6.26. The van der Waals surface area contributed by atoms with Crippen LogP contribution >= 0.6 is 22.9 Å². The topological polar surface area (TPSA) is 185 Å². The van der Waals surface area contributed by atoms with Crippen LogP contribution in [-0.2, 0) is 25.7 Å². The van der Waals surface area contributed by atoms with Crippen molar-refractivity contribution in [2.75, 3.05) is 51.8 Å². The van der Waals surface area contributed by atoms with Gasteiger partial charge in [0.15, 0.2) is 0 Å². The summed E-state index contributed by atoms with van der Waals surface area (Å²) in [6, 6.07) is 28.2. The van der Waals surface area contributed by atoms with Crippen molar-refractivity contribution in [1.82, 2.24) is 30.3 Å². The minimum atomic E-state index is -0.907. The van der Waals surface area contributed by atoms with Gasteiger partial charge in [0.25, 0.3) is 0 Å². The third-order valence-corrected chi connectivity index (χ3v) is 14.7. The lowest BCUT2D eigenvalue weighted by Crippen LogP contribution is -2.57. The number of aryl methyl sites for hydroxylation is 1. The molecule has 5 N–H and O–H groups in total. The number of halogens is 1. The first kappa shape index (κ1) is 54.5. The number of carbonyl (C=O) groups is 4. The third-order valence-electron chi connectivity index (χ3n) is 13.6. The number of nitrogens with zero attached hydrogens (tertiary/aromatic N) is 4. The van der Waals surface area contributed by atoms with Crippen molar-refractivity contribution in [1.29, 1.82) is 0 Å². The molecule has 388 valence electrons. The molecule has 2 saturated heterocycles. The second kappa shape index (κ2) is 25.6. The summed E-state index contributed by atoms with van der Waals surface area (Å²) in [6.07, 6.45) is 2.33. The van der Waals surface area contributed by atoms with E-state index in [2.05, 4.69) is 20.5 Å². The fourth-order valence-corrected chi connectivity index (χ4v) is 10.5. The van der Waals surface area contributed by atoms with Crippen LogP contribution in [0.15, 0.2) is 103 Å². The van der Waals surface area contributed by atoms with Gasteiger partial charge in [-0.05, 0) is 107 Å². The number of β-amino-alcohol motifs (C(OH)–C–C–N with tert-alkyl or cyclic N) is 1. The predicted molar refractivity (Wildman–Crippen MR) is 287 cm³/mol. The molecule has 2 fully saturated rings. The normalized spacial score (nSPS) is 17.0. The van der Waals surface area contributed by atoms with E-state index in [9.17, 15) is 34.5 Å². The van der Waals surface area contributed by atoms with Crippen molar-refractivity contribution >= 4 is 57.7 Å². The number of amides is 4. The monoisotopic (exact) mass is 1030 g/mol. The van der Waals surface area contributed by atoms with Crippen LogP contribution in [0.4, 0.5) is 0 Å². The molecule has 0 spiro atoms. The van der Waals surface area contributed by atoms with E-state index in [1.165, 1.54) is 4.90 Å². The summed E-state index contributed by atoms with van der Waals surface area (Å²) in [7, 11) is 0. The van der Waals surface area contributed by atoms with Crippen LogP contribution in [0.25, 0.3) is 21.6 Å². The van der Waals surface area contributed by atoms with Gasteiger partial charge in [-0.3, -0.25) is 24.1 Å². The minimum absolute atomic E-state index is 0.00182. The van der Waals surface area contributed by atoms with Crippen molar-refractivity contribution in [2.45, 2.75) is 97.4 Å². The highest BCUT2D eigenvalue weighted by molar-refractivity contribution is 7.13. The quantitative estimate of drug-likeness (QED) is 0.0272. The number of ether oxygens (including phenoxy) is 1. The van der Waals surface area contributed by atoms with Gasteiger partial charge in [-0.15, -0.1) is 22.9 Å². The number of allylic oxidation sites excluding steroid dienone is 1. The Kier molecular flexibility index (Phi) is 19.1. The highest BCUT2D eigenvalue weighted by Crippen LogP contribution is 2.37. The lowest BCUT2D eigenvalue weighted by atomic mass is 9.85. The average molecular weight is 1030 g/mol. The summed E-state index contributed by atoms with van der Waals surface area (Å²) in [6.45, 7) is 11.8. The zero-order chi connectivity index (χ0) is 52.1. The molecule has 1 unspecified atom stereocenters. The highest BCUT2D eigenvalue weighted by Gasteiger charge is 2.44. The number of phenolic OH excluding ortho intramolecular Hbond substituents is 2. The van der Waals surface area contributed by atoms with E-state index in [1.54, 1.807) is 35.6 Å². The molecule has 4 aromatic carbocycles. The van der Waals surface area contributed by atoms with Gasteiger partial charge in [0.1, 0.15) is 35.9 Å². The van der Waals surface area contributed by atoms with E-state index in [4.69, 9.17) is 16.3 Å². The van der Waals surface area contributed by atoms with Gasteiger partial charge in [0, 0.05) is 71.0 Å². The predicted octanol–water partition coefficient (Wildman–Crippen LogP) is 8.40. The van der Waals surface area contributed by atoms with Crippen LogP contribution in [-0.4, -0.2) is 129 Å². The molecule has 16 heteroatoms. The smallest absolute Gasteiger partial charge is 0.246 e. The summed E-state index contributed by atoms with van der Waals surface area (Å²) < 4.78 is 6.17. The van der Waals surface area contributed by atoms with Gasteiger partial charge in [-0.2, -0.15) is 0 Å². The summed E-state index contributed by atoms with van der Waals surface area (Å²) >= 11 is 7.88. The number of hydrogen-bond donors (Lipinski definition) is 5. The van der Waals surface area contributed by atoms with Crippen LogP contribution in [0.2, 0.25) is 0 Å². The number of aliphatic hydroxyl groups is 1. The van der Waals surface area contributed by atoms with E-state index >= 15 is 0 Å². The zero-order valence-electron chi connectivity index (χ0n) is 42.3. The molecule has 73 heavy (non-hydrogen) atoms. The first-order valence-corrected chi connectivity index (χ1v) is 26.7. The van der Waals surface area contributed by atoms with E-state index in [1.807, 2.05) is 111 Å². The zero-order valence-corrected chi connectivity index (χ0v) is 43.9. The van der Waals surface area contributed by atoms with Crippen LogP contribution in [0.3, 0.4) is 0 Å². The number of unbranched alkanes of at least 4 members (excludes halogenated alkanes) is 2. The maximum Gasteiger partial charge on any atom is 0.246 e. The van der Waals surface area contributed by atoms with Gasteiger partial charge in [0.05, 0.1) is 22.2 Å². The third kappa shape index (κ3) is 14.9. The number of likely N-dealkylation sites (tertiary alicyclic amines) is 1. The molecule has 0 radical (unpaired) electrons. The standard InChI is InChI=1S/C57H69ClN6O8S/c1-38-53(73-37-60-38)43-12-10-39(11-13-43)35-59-55(70)49-34-46(67)36-64(49)56(71)54(57(2,3)4)61-50(68)8-6-5-7-9-51(69)63-30-28-62(29-31-63)32-33-72-47-24-18-42(19-25-47)52(41-16-22-45(66)23-17-41)48(26-27-58)40-14-20-44(65)21-15-40/h10-25,37,46,49,54,65-67H,5-9,26-36H2,1-4H3,(H,59,70)(H,61,68)/t46-,49+,54?/m1/s1. The number of piperazine rings is 1. The molecule has 14 nitrogen and oxygen atoms in total. The average Bonchev–Trinajstić information content (AvgIpc) is 4.00. The number of thiazole rings is 1. The number of aromatic hydroxyl groups is 2. The van der Waals surface area contributed by atoms with Crippen molar-refractivity contribution in [3.05, 3.63) is 131 Å². The second-order valence-corrected chi connectivity index (χ2v) is 21.2. The number of nitrogens with one attached hydrogen (secondary N) is 2. The summed E-state index contributed by atoms with van der Waals surface area (Å²) in [5.41, 5.74) is 8.90. The first-order valence-electron chi connectivity index (χ1n) is 25.2. The van der Waals surface area contributed by atoms with E-state index in [0.717, 1.165) is 68.4 Å². The number of benzene rings is 4. The van der Waals surface area contributed by atoms with Gasteiger partial charge >= 0.3 is 0 Å². The number of carbonyl (C=O) groups excluding carboxylic acids is 4. The van der Waals surface area contributed by atoms with Crippen LogP contribution in [0.5, 0.6) is 17.2 Å². The molecule has 2 aliphatic rings. The molecule has 0 aliphatic carbocycles. The fraction of sp³-hybridized carbons (Fsp3) is 0.421. The lowest BCUT2D eigenvalue weighted by molar-refractivity contribution is -0.144. The largest absolute Gasteiger partial charge is 0.508 e. The molecular formula is C57H69ClN6O8S. The Balaban J connectivity index is 0.808. The lowest BCUT2D eigenvalue weighted by Gasteiger charge is -2.35. The number of alkyl halides is 1. The summed E-state index contributed by atoms with van der Waals surface area (Å²) in [4.78, 5) is 65.0. The number of aromatic nitrogens is 1. The van der Waals surface area contributed by atoms with Crippen LogP contribution in [0.1, 0.15) is 93.7 Å². The second-order valence-electron chi connectivity index (χ2n) is 20.0. The molecule has 2 aliphatic heterocycles. The molecule has 3 atom stereocenters. The molecular weight excluding hydrogens is 964 g/mol.